The van der Waals surface area contributed by atoms with Crippen molar-refractivity contribution in [3.05, 3.63) is 222 Å². The van der Waals surface area contributed by atoms with Crippen LogP contribution in [0.25, 0.3) is 89.0 Å². The van der Waals surface area contributed by atoms with Crippen LogP contribution in [-0.2, 0) is 21.7 Å². The molecule has 9 aromatic carbocycles. The van der Waals surface area contributed by atoms with Crippen molar-refractivity contribution < 1.29 is 0 Å². The molecule has 1 nitrogen and oxygen atoms in total. The zero-order chi connectivity index (χ0) is 50.5. The smallest absolute Gasteiger partial charge is 0.0473 e. The Hall–Kier alpha value is -7.22. The molecule has 0 saturated carbocycles. The number of hydrogen-bond donors (Lipinski definition) is 1. The Morgan fingerprint density at radius 3 is 0.746 bits per heavy atom. The van der Waals surface area contributed by atoms with E-state index < -0.39 is 0 Å². The van der Waals surface area contributed by atoms with Crippen molar-refractivity contribution in [3.8, 4) is 89.0 Å². The summed E-state index contributed by atoms with van der Waals surface area (Å²) < 4.78 is 0. The molecule has 2 N–H and O–H groups in total. The summed E-state index contributed by atoms with van der Waals surface area (Å²) in [5.74, 6) is 0. The first-order valence-corrected chi connectivity index (χ1v) is 25.4. The Morgan fingerprint density at radius 1 is 0.225 bits per heavy atom. The van der Waals surface area contributed by atoms with Gasteiger partial charge in [0.2, 0.25) is 0 Å². The Balaban J connectivity index is 1.31. The van der Waals surface area contributed by atoms with Gasteiger partial charge in [-0.2, -0.15) is 0 Å². The van der Waals surface area contributed by atoms with Crippen LogP contribution in [0, 0.1) is 0 Å². The lowest BCUT2D eigenvalue weighted by molar-refractivity contribution is 0.590. The van der Waals surface area contributed by atoms with Gasteiger partial charge in [0.05, 0.1) is 0 Å². The maximum atomic E-state index is 7.45. The second kappa shape index (κ2) is 18.8. The predicted octanol–water partition coefficient (Wildman–Crippen LogP) is 19.8. The van der Waals surface area contributed by atoms with E-state index in [0.717, 1.165) is 66.9 Å². The fourth-order valence-corrected chi connectivity index (χ4v) is 9.79. The van der Waals surface area contributed by atoms with E-state index in [-0.39, 0.29) is 21.7 Å². The van der Waals surface area contributed by atoms with E-state index in [1.807, 2.05) is 0 Å². The van der Waals surface area contributed by atoms with Crippen molar-refractivity contribution >= 4 is 5.69 Å². The lowest BCUT2D eigenvalue weighted by atomic mass is 9.81. The van der Waals surface area contributed by atoms with Gasteiger partial charge in [-0.15, -0.1) is 0 Å². The Kier molecular flexibility index (Phi) is 12.9. The van der Waals surface area contributed by atoms with Crippen LogP contribution < -0.4 is 5.73 Å². The van der Waals surface area contributed by atoms with Gasteiger partial charge in [0.15, 0.2) is 0 Å². The van der Waals surface area contributed by atoms with Crippen LogP contribution in [0.15, 0.2) is 200 Å². The van der Waals surface area contributed by atoms with Crippen molar-refractivity contribution in [2.24, 2.45) is 0 Å². The average molecular weight is 926 g/mol. The lowest BCUT2D eigenvalue weighted by Crippen LogP contribution is -2.10. The largest absolute Gasteiger partial charge is 0.398 e. The molecule has 0 spiro atoms. The van der Waals surface area contributed by atoms with Crippen LogP contribution in [0.2, 0.25) is 0 Å². The van der Waals surface area contributed by atoms with Crippen LogP contribution in [0.1, 0.15) is 105 Å². The molecule has 0 aliphatic carbocycles. The highest BCUT2D eigenvalue weighted by Crippen LogP contribution is 2.48. The van der Waals surface area contributed by atoms with Gasteiger partial charge in [-0.1, -0.05) is 259 Å². The van der Waals surface area contributed by atoms with Gasteiger partial charge < -0.3 is 5.73 Å². The summed E-state index contributed by atoms with van der Waals surface area (Å²) in [6.45, 7) is 27.2. The summed E-state index contributed by atoms with van der Waals surface area (Å²) in [5, 5.41) is 0. The van der Waals surface area contributed by atoms with Gasteiger partial charge >= 0.3 is 0 Å². The maximum Gasteiger partial charge on any atom is 0.0473 e. The van der Waals surface area contributed by atoms with Crippen molar-refractivity contribution in [2.75, 3.05) is 5.73 Å². The topological polar surface area (TPSA) is 26.0 Å². The molecule has 1 heteroatoms. The number of nitrogen functional groups attached to an aromatic ring is 1. The highest BCUT2D eigenvalue weighted by molar-refractivity contribution is 6.02. The van der Waals surface area contributed by atoms with Crippen LogP contribution in [-0.4, -0.2) is 0 Å². The number of anilines is 1. The van der Waals surface area contributed by atoms with Crippen LogP contribution in [0.3, 0.4) is 0 Å². The fourth-order valence-electron chi connectivity index (χ4n) is 9.79. The second-order valence-electron chi connectivity index (χ2n) is 23.8. The van der Waals surface area contributed by atoms with E-state index >= 15 is 0 Å². The molecule has 0 aliphatic heterocycles. The van der Waals surface area contributed by atoms with Gasteiger partial charge in [-0.3, -0.25) is 0 Å². The average Bonchev–Trinajstić information content (AvgIpc) is 3.35. The number of hydrogen-bond acceptors (Lipinski definition) is 1. The standard InChI is InChI=1S/C70H71N/c1-67(2,3)57-34-26-49(27-35-57)47-18-22-51(23-19-47)61-42-55(46-16-14-13-15-17-46)43-62(52-24-20-48(21-25-52)50-28-36-58(37-29-50)68(4,5)6)65(61)56-44-63(53-30-38-59(39-31-53)69(7,8)9)66(71)64(45-56)54-32-40-60(41-33-54)70(10,11)12/h13-45H,71H2,1-12H3. The molecule has 9 aromatic rings. The molecule has 0 unspecified atom stereocenters. The minimum atomic E-state index is 0.0209. The van der Waals surface area contributed by atoms with E-state index in [4.69, 9.17) is 5.73 Å². The number of rotatable bonds is 8. The Bertz CT molecular complexity index is 3090. The molecule has 0 fully saturated rings. The molecule has 0 bridgehead atoms. The van der Waals surface area contributed by atoms with Crippen molar-refractivity contribution in [1.82, 2.24) is 0 Å². The lowest BCUT2D eigenvalue weighted by Gasteiger charge is -2.23. The molecule has 0 saturated heterocycles. The molecule has 356 valence electrons. The number of benzene rings is 9. The molecule has 9 rings (SSSR count). The third kappa shape index (κ3) is 10.5. The van der Waals surface area contributed by atoms with E-state index in [1.54, 1.807) is 0 Å². The summed E-state index contributed by atoms with van der Waals surface area (Å²) in [5.41, 5.74) is 31.9. The van der Waals surface area contributed by atoms with Gasteiger partial charge in [-0.05, 0) is 146 Å². The maximum absolute atomic E-state index is 7.45. The summed E-state index contributed by atoms with van der Waals surface area (Å²) in [7, 11) is 0. The second-order valence-corrected chi connectivity index (χ2v) is 23.8. The Morgan fingerprint density at radius 2 is 0.451 bits per heavy atom. The molecule has 0 aromatic heterocycles. The summed E-state index contributed by atoms with van der Waals surface area (Å²) >= 11 is 0. The van der Waals surface area contributed by atoms with Crippen LogP contribution >= 0.6 is 0 Å². The van der Waals surface area contributed by atoms with Crippen LogP contribution in [0.4, 0.5) is 5.69 Å². The zero-order valence-electron chi connectivity index (χ0n) is 44.1. The molecule has 0 atom stereocenters. The highest BCUT2D eigenvalue weighted by Gasteiger charge is 2.23. The van der Waals surface area contributed by atoms with E-state index in [9.17, 15) is 0 Å². The van der Waals surface area contributed by atoms with Crippen LogP contribution in [0.5, 0.6) is 0 Å². The molecular formula is C70H71N. The first-order valence-electron chi connectivity index (χ1n) is 25.4. The van der Waals surface area contributed by atoms with Gasteiger partial charge in [0.25, 0.3) is 0 Å². The van der Waals surface area contributed by atoms with Crippen molar-refractivity contribution in [3.63, 3.8) is 0 Å². The predicted molar refractivity (Wildman–Crippen MR) is 309 cm³/mol. The number of nitrogens with two attached hydrogens (primary N) is 1. The summed E-state index contributed by atoms with van der Waals surface area (Å²) in [6.07, 6.45) is 0. The first-order chi connectivity index (χ1) is 33.6. The van der Waals surface area contributed by atoms with Crippen molar-refractivity contribution in [1.29, 1.82) is 0 Å². The molecule has 0 radical (unpaired) electrons. The normalized spacial score (nSPS) is 12.3. The van der Waals surface area contributed by atoms with E-state index in [2.05, 4.69) is 283 Å². The third-order valence-electron chi connectivity index (χ3n) is 14.4. The van der Waals surface area contributed by atoms with Crippen molar-refractivity contribution in [2.45, 2.75) is 105 Å². The quantitative estimate of drug-likeness (QED) is 0.151. The molecular weight excluding hydrogens is 855 g/mol. The third-order valence-corrected chi connectivity index (χ3v) is 14.4. The molecule has 71 heavy (non-hydrogen) atoms. The van der Waals surface area contributed by atoms with E-state index in [1.165, 1.54) is 50.1 Å². The highest BCUT2D eigenvalue weighted by atomic mass is 14.6. The van der Waals surface area contributed by atoms with Gasteiger partial charge in [-0.25, -0.2) is 0 Å². The minimum Gasteiger partial charge on any atom is -0.398 e. The SMILES string of the molecule is CC(C)(C)c1ccc(-c2ccc(-c3cc(-c4ccccc4)cc(-c4ccc(-c5ccc(C(C)(C)C)cc5)cc4)c3-c3cc(-c4ccc(C(C)(C)C)cc4)c(N)c(-c4ccc(C(C)(C)C)cc4)c3)cc2)cc1. The monoisotopic (exact) mass is 926 g/mol. The summed E-state index contributed by atoms with van der Waals surface area (Å²) in [4.78, 5) is 0. The fraction of sp³-hybridized carbons (Fsp3) is 0.229. The van der Waals surface area contributed by atoms with Gasteiger partial charge in [0, 0.05) is 16.8 Å². The zero-order valence-corrected chi connectivity index (χ0v) is 44.1. The van der Waals surface area contributed by atoms with E-state index in [0.29, 0.717) is 0 Å². The molecule has 0 amide bonds. The summed E-state index contributed by atoms with van der Waals surface area (Å²) in [6, 6.07) is 74.9. The van der Waals surface area contributed by atoms with Gasteiger partial charge in [0.1, 0.15) is 0 Å². The first kappa shape index (κ1) is 48.8. The molecule has 0 heterocycles. The minimum absolute atomic E-state index is 0.0209. The Labute approximate surface area is 425 Å². The molecule has 0 aliphatic rings.